The molecule has 0 aliphatic heterocycles. The molecular formula is C16H22N2S. The van der Waals surface area contributed by atoms with Gasteiger partial charge in [-0.05, 0) is 44.2 Å². The van der Waals surface area contributed by atoms with Crippen LogP contribution in [0.3, 0.4) is 0 Å². The first-order chi connectivity index (χ1) is 9.11. The van der Waals surface area contributed by atoms with Crippen molar-refractivity contribution in [3.8, 4) is 0 Å². The van der Waals surface area contributed by atoms with Crippen LogP contribution in [0.25, 0.3) is 0 Å². The van der Waals surface area contributed by atoms with Crippen LogP contribution in [0.2, 0.25) is 0 Å². The van der Waals surface area contributed by atoms with E-state index in [0.717, 1.165) is 13.1 Å². The molecule has 2 aromatic rings. The highest BCUT2D eigenvalue weighted by Crippen LogP contribution is 2.25. The molecule has 3 heteroatoms. The molecule has 1 aromatic heterocycles. The summed E-state index contributed by atoms with van der Waals surface area (Å²) in [5.41, 5.74) is 4.07. The minimum atomic E-state index is 0.958. The van der Waals surface area contributed by atoms with Gasteiger partial charge in [-0.2, -0.15) is 0 Å². The Hall–Kier alpha value is -1.32. The lowest BCUT2D eigenvalue weighted by atomic mass is 10.1. The van der Waals surface area contributed by atoms with E-state index in [4.69, 9.17) is 0 Å². The van der Waals surface area contributed by atoms with Crippen LogP contribution in [0, 0.1) is 13.8 Å². The van der Waals surface area contributed by atoms with Gasteiger partial charge in [-0.1, -0.05) is 18.2 Å². The number of thiophene rings is 1. The Morgan fingerprint density at radius 3 is 2.63 bits per heavy atom. The molecule has 0 aliphatic carbocycles. The zero-order valence-electron chi connectivity index (χ0n) is 12.2. The van der Waals surface area contributed by atoms with Gasteiger partial charge in [0.2, 0.25) is 0 Å². The maximum Gasteiger partial charge on any atom is 0.0437 e. The van der Waals surface area contributed by atoms with E-state index in [1.165, 1.54) is 26.6 Å². The molecule has 0 radical (unpaired) electrons. The predicted octanol–water partition coefficient (Wildman–Crippen LogP) is 3.72. The van der Waals surface area contributed by atoms with Crippen LogP contribution in [-0.4, -0.2) is 14.1 Å². The van der Waals surface area contributed by atoms with Crippen molar-refractivity contribution in [2.45, 2.75) is 26.9 Å². The maximum absolute atomic E-state index is 3.22. The number of para-hydroxylation sites is 1. The minimum absolute atomic E-state index is 0.958. The monoisotopic (exact) mass is 274 g/mol. The number of rotatable bonds is 5. The van der Waals surface area contributed by atoms with Gasteiger partial charge >= 0.3 is 0 Å². The number of aryl methyl sites for hydroxylation is 2. The van der Waals surface area contributed by atoms with E-state index in [1.807, 2.05) is 18.4 Å². The van der Waals surface area contributed by atoms with E-state index in [9.17, 15) is 0 Å². The molecule has 2 nitrogen and oxygen atoms in total. The van der Waals surface area contributed by atoms with E-state index in [2.05, 4.69) is 61.4 Å². The molecule has 0 unspecified atom stereocenters. The van der Waals surface area contributed by atoms with Gasteiger partial charge in [-0.15, -0.1) is 11.3 Å². The van der Waals surface area contributed by atoms with Crippen LogP contribution in [0.1, 0.15) is 20.9 Å². The van der Waals surface area contributed by atoms with Crippen LogP contribution in [0.5, 0.6) is 0 Å². The van der Waals surface area contributed by atoms with Crippen LogP contribution in [-0.2, 0) is 13.1 Å². The third-order valence-corrected chi connectivity index (χ3v) is 4.45. The number of nitrogens with zero attached hydrogens (tertiary/aromatic N) is 1. The fourth-order valence-corrected chi connectivity index (χ4v) is 3.40. The topological polar surface area (TPSA) is 15.3 Å². The summed E-state index contributed by atoms with van der Waals surface area (Å²) in [6, 6.07) is 10.9. The molecule has 1 N–H and O–H groups in total. The zero-order chi connectivity index (χ0) is 13.8. The van der Waals surface area contributed by atoms with Crippen molar-refractivity contribution in [2.24, 2.45) is 0 Å². The zero-order valence-corrected chi connectivity index (χ0v) is 13.0. The van der Waals surface area contributed by atoms with Gasteiger partial charge in [0.15, 0.2) is 0 Å². The second kappa shape index (κ2) is 6.22. The average molecular weight is 274 g/mol. The minimum Gasteiger partial charge on any atom is -0.370 e. The Morgan fingerprint density at radius 2 is 1.95 bits per heavy atom. The molecule has 1 aromatic carbocycles. The number of benzene rings is 1. The van der Waals surface area contributed by atoms with E-state index >= 15 is 0 Å². The second-order valence-electron chi connectivity index (χ2n) is 4.97. The third kappa shape index (κ3) is 3.37. The van der Waals surface area contributed by atoms with Crippen molar-refractivity contribution in [2.75, 3.05) is 19.0 Å². The average Bonchev–Trinajstić information content (AvgIpc) is 2.70. The van der Waals surface area contributed by atoms with Crippen molar-refractivity contribution in [3.05, 3.63) is 51.2 Å². The summed E-state index contributed by atoms with van der Waals surface area (Å²) in [5.74, 6) is 0. The molecule has 1 heterocycles. The predicted molar refractivity (Wildman–Crippen MR) is 85.1 cm³/mol. The summed E-state index contributed by atoms with van der Waals surface area (Å²) in [5, 5.41) is 3.22. The smallest absolute Gasteiger partial charge is 0.0437 e. The quantitative estimate of drug-likeness (QED) is 0.894. The van der Waals surface area contributed by atoms with Crippen LogP contribution in [0.4, 0.5) is 5.69 Å². The fraction of sp³-hybridized carbons (Fsp3) is 0.375. The summed E-state index contributed by atoms with van der Waals surface area (Å²) in [6.07, 6.45) is 0. The number of hydrogen-bond donors (Lipinski definition) is 1. The molecule has 0 amide bonds. The third-order valence-electron chi connectivity index (χ3n) is 3.36. The molecule has 2 rings (SSSR count). The van der Waals surface area contributed by atoms with Gasteiger partial charge in [-0.3, -0.25) is 0 Å². The highest BCUT2D eigenvalue weighted by atomic mass is 32.1. The highest BCUT2D eigenvalue weighted by Gasteiger charge is 2.09. The van der Waals surface area contributed by atoms with E-state index < -0.39 is 0 Å². The Kier molecular flexibility index (Phi) is 4.61. The summed E-state index contributed by atoms with van der Waals surface area (Å²) < 4.78 is 0. The fourth-order valence-electron chi connectivity index (χ4n) is 2.34. The Bertz CT molecular complexity index is 545. The van der Waals surface area contributed by atoms with Crippen molar-refractivity contribution in [3.63, 3.8) is 0 Å². The lowest BCUT2D eigenvalue weighted by Crippen LogP contribution is -2.17. The van der Waals surface area contributed by atoms with E-state index in [0.29, 0.717) is 0 Å². The highest BCUT2D eigenvalue weighted by molar-refractivity contribution is 7.12. The SMILES string of the molecule is CNCc1cc(CN(C)c2ccccc2C)c(C)s1. The number of nitrogens with one attached hydrogen (secondary N) is 1. The molecule has 0 atom stereocenters. The van der Waals surface area contributed by atoms with Gasteiger partial charge in [-0.25, -0.2) is 0 Å². The van der Waals surface area contributed by atoms with Gasteiger partial charge in [0.05, 0.1) is 0 Å². The Morgan fingerprint density at radius 1 is 1.21 bits per heavy atom. The lowest BCUT2D eigenvalue weighted by Gasteiger charge is -2.21. The van der Waals surface area contributed by atoms with E-state index in [1.54, 1.807) is 0 Å². The van der Waals surface area contributed by atoms with Crippen LogP contribution in [0.15, 0.2) is 30.3 Å². The molecule has 0 bridgehead atoms. The summed E-state index contributed by atoms with van der Waals surface area (Å²) in [6.45, 7) is 6.31. The summed E-state index contributed by atoms with van der Waals surface area (Å²) in [7, 11) is 4.16. The molecule has 102 valence electrons. The molecule has 0 aliphatic rings. The van der Waals surface area contributed by atoms with Crippen LogP contribution >= 0.6 is 11.3 Å². The van der Waals surface area contributed by atoms with Crippen LogP contribution < -0.4 is 10.2 Å². The maximum atomic E-state index is 3.22. The standard InChI is InChI=1S/C16H22N2S/c1-12-7-5-6-8-16(12)18(4)11-14-9-15(10-17-3)19-13(14)2/h5-9,17H,10-11H2,1-4H3. The van der Waals surface area contributed by atoms with Crippen molar-refractivity contribution in [1.29, 1.82) is 0 Å². The molecular weight excluding hydrogens is 252 g/mol. The largest absolute Gasteiger partial charge is 0.370 e. The number of anilines is 1. The first-order valence-corrected chi connectivity index (χ1v) is 7.43. The first kappa shape index (κ1) is 14.1. The van der Waals surface area contributed by atoms with Gasteiger partial charge in [0.1, 0.15) is 0 Å². The number of hydrogen-bond acceptors (Lipinski definition) is 3. The second-order valence-corrected chi connectivity index (χ2v) is 6.31. The molecule has 0 spiro atoms. The molecule has 0 fully saturated rings. The van der Waals surface area contributed by atoms with Crippen molar-refractivity contribution in [1.82, 2.24) is 5.32 Å². The van der Waals surface area contributed by atoms with Crippen molar-refractivity contribution >= 4 is 17.0 Å². The van der Waals surface area contributed by atoms with Gasteiger partial charge in [0, 0.05) is 35.6 Å². The van der Waals surface area contributed by atoms with Gasteiger partial charge < -0.3 is 10.2 Å². The molecule has 19 heavy (non-hydrogen) atoms. The molecule has 0 saturated carbocycles. The lowest BCUT2D eigenvalue weighted by molar-refractivity contribution is 0.829. The van der Waals surface area contributed by atoms with Crippen molar-refractivity contribution < 1.29 is 0 Å². The normalized spacial score (nSPS) is 10.7. The molecule has 0 saturated heterocycles. The Balaban J connectivity index is 2.15. The first-order valence-electron chi connectivity index (χ1n) is 6.61. The Labute approximate surface area is 120 Å². The summed E-state index contributed by atoms with van der Waals surface area (Å²) >= 11 is 1.89. The van der Waals surface area contributed by atoms with E-state index in [-0.39, 0.29) is 0 Å². The van der Waals surface area contributed by atoms with Gasteiger partial charge in [0.25, 0.3) is 0 Å². The summed E-state index contributed by atoms with van der Waals surface area (Å²) in [4.78, 5) is 5.16.